The summed E-state index contributed by atoms with van der Waals surface area (Å²) in [7, 11) is 1.68. The van der Waals surface area contributed by atoms with Crippen molar-refractivity contribution in [3.8, 4) is 0 Å². The van der Waals surface area contributed by atoms with Crippen LogP contribution in [0.4, 0.5) is 4.39 Å². The number of nitrogens with zero attached hydrogens (tertiary/aromatic N) is 1. The fourth-order valence-corrected chi connectivity index (χ4v) is 2.46. The van der Waals surface area contributed by atoms with E-state index in [2.05, 4.69) is 5.32 Å². The molecule has 1 N–H and O–H groups in total. The maximum atomic E-state index is 13.2. The predicted molar refractivity (Wildman–Crippen MR) is 95.9 cm³/mol. The number of nitrogens with one attached hydrogen (secondary N) is 1. The van der Waals surface area contributed by atoms with Crippen LogP contribution in [0.1, 0.15) is 28.8 Å². The van der Waals surface area contributed by atoms with Gasteiger partial charge in [0.05, 0.1) is 0 Å². The SMILES string of the molecule is CN(Cc1cccc(F)c1)C(=O)CCCNC(=O)c1ccc(Cl)cc1. The first-order chi connectivity index (χ1) is 12.0. The van der Waals surface area contributed by atoms with Gasteiger partial charge in [0.2, 0.25) is 5.91 Å². The summed E-state index contributed by atoms with van der Waals surface area (Å²) < 4.78 is 13.2. The second-order valence-electron chi connectivity index (χ2n) is 5.75. The third-order valence-corrected chi connectivity index (χ3v) is 3.95. The Kier molecular flexibility index (Phi) is 6.95. The van der Waals surface area contributed by atoms with Gasteiger partial charge in [-0.25, -0.2) is 4.39 Å². The zero-order valence-electron chi connectivity index (χ0n) is 14.0. The average Bonchev–Trinajstić information content (AvgIpc) is 2.59. The van der Waals surface area contributed by atoms with Gasteiger partial charge in [-0.3, -0.25) is 9.59 Å². The van der Waals surface area contributed by atoms with Crippen LogP contribution in [0.15, 0.2) is 48.5 Å². The predicted octanol–water partition coefficient (Wildman–Crippen LogP) is 3.65. The molecule has 6 heteroatoms. The molecule has 4 nitrogen and oxygen atoms in total. The van der Waals surface area contributed by atoms with E-state index in [1.54, 1.807) is 48.3 Å². The topological polar surface area (TPSA) is 49.4 Å². The van der Waals surface area contributed by atoms with Crippen LogP contribution >= 0.6 is 11.6 Å². The summed E-state index contributed by atoms with van der Waals surface area (Å²) >= 11 is 5.78. The summed E-state index contributed by atoms with van der Waals surface area (Å²) in [5, 5.41) is 3.34. The lowest BCUT2D eigenvalue weighted by Gasteiger charge is -2.17. The smallest absolute Gasteiger partial charge is 0.251 e. The first kappa shape index (κ1) is 18.9. The van der Waals surface area contributed by atoms with Crippen LogP contribution in [0.2, 0.25) is 5.02 Å². The fraction of sp³-hybridized carbons (Fsp3) is 0.263. The van der Waals surface area contributed by atoms with Crippen LogP contribution in [-0.2, 0) is 11.3 Å². The fourth-order valence-electron chi connectivity index (χ4n) is 2.33. The third-order valence-electron chi connectivity index (χ3n) is 3.69. The molecule has 25 heavy (non-hydrogen) atoms. The molecule has 0 saturated carbocycles. The molecule has 0 bridgehead atoms. The summed E-state index contributed by atoms with van der Waals surface area (Å²) in [5.41, 5.74) is 1.27. The monoisotopic (exact) mass is 362 g/mol. The van der Waals surface area contributed by atoms with Crippen molar-refractivity contribution in [2.75, 3.05) is 13.6 Å². The summed E-state index contributed by atoms with van der Waals surface area (Å²) in [6.45, 7) is 0.759. The maximum absolute atomic E-state index is 13.2. The van der Waals surface area contributed by atoms with Gasteiger partial charge in [-0.15, -0.1) is 0 Å². The Bertz CT molecular complexity index is 734. The Balaban J connectivity index is 1.71. The van der Waals surface area contributed by atoms with Crippen molar-refractivity contribution in [1.82, 2.24) is 10.2 Å². The average molecular weight is 363 g/mol. The molecule has 0 aliphatic carbocycles. The lowest BCUT2D eigenvalue weighted by Crippen LogP contribution is -2.28. The largest absolute Gasteiger partial charge is 0.352 e. The molecule has 2 amide bonds. The first-order valence-electron chi connectivity index (χ1n) is 7.98. The highest BCUT2D eigenvalue weighted by atomic mass is 35.5. The molecule has 0 aromatic heterocycles. The number of amides is 2. The Morgan fingerprint density at radius 3 is 2.56 bits per heavy atom. The Morgan fingerprint density at radius 1 is 1.16 bits per heavy atom. The highest BCUT2D eigenvalue weighted by molar-refractivity contribution is 6.30. The van der Waals surface area contributed by atoms with Crippen molar-refractivity contribution < 1.29 is 14.0 Å². The molecule has 2 rings (SSSR count). The van der Waals surface area contributed by atoms with Crippen molar-refractivity contribution in [3.63, 3.8) is 0 Å². The van der Waals surface area contributed by atoms with E-state index < -0.39 is 0 Å². The van der Waals surface area contributed by atoms with E-state index in [1.165, 1.54) is 12.1 Å². The molecule has 0 radical (unpaired) electrons. The highest BCUT2D eigenvalue weighted by Crippen LogP contribution is 2.10. The van der Waals surface area contributed by atoms with E-state index >= 15 is 0 Å². The number of carbonyl (C=O) groups excluding carboxylic acids is 2. The molecule has 132 valence electrons. The first-order valence-corrected chi connectivity index (χ1v) is 8.35. The number of rotatable bonds is 7. The molecule has 0 spiro atoms. The maximum Gasteiger partial charge on any atom is 0.251 e. The second kappa shape index (κ2) is 9.18. The van der Waals surface area contributed by atoms with Gasteiger partial charge in [-0.05, 0) is 48.4 Å². The van der Waals surface area contributed by atoms with Gasteiger partial charge in [0.15, 0.2) is 0 Å². The van der Waals surface area contributed by atoms with Crippen molar-refractivity contribution in [2.45, 2.75) is 19.4 Å². The van der Waals surface area contributed by atoms with Crippen LogP contribution in [0, 0.1) is 5.82 Å². The van der Waals surface area contributed by atoms with Gasteiger partial charge in [0, 0.05) is 37.1 Å². The van der Waals surface area contributed by atoms with Crippen LogP contribution in [0.5, 0.6) is 0 Å². The van der Waals surface area contributed by atoms with E-state index in [9.17, 15) is 14.0 Å². The van der Waals surface area contributed by atoms with Crippen molar-refractivity contribution in [3.05, 3.63) is 70.5 Å². The highest BCUT2D eigenvalue weighted by Gasteiger charge is 2.10. The van der Waals surface area contributed by atoms with E-state index in [4.69, 9.17) is 11.6 Å². The van der Waals surface area contributed by atoms with Crippen LogP contribution in [0.25, 0.3) is 0 Å². The van der Waals surface area contributed by atoms with E-state index in [0.29, 0.717) is 36.5 Å². The second-order valence-corrected chi connectivity index (χ2v) is 6.18. The van der Waals surface area contributed by atoms with Gasteiger partial charge in [0.1, 0.15) is 5.82 Å². The summed E-state index contributed by atoms with van der Waals surface area (Å²) in [6, 6.07) is 12.8. The number of benzene rings is 2. The molecular formula is C19H20ClFN2O2. The number of hydrogen-bond acceptors (Lipinski definition) is 2. The third kappa shape index (κ3) is 6.19. The minimum absolute atomic E-state index is 0.0509. The molecule has 0 atom stereocenters. The van der Waals surface area contributed by atoms with Crippen molar-refractivity contribution in [1.29, 1.82) is 0 Å². The van der Waals surface area contributed by atoms with E-state index in [-0.39, 0.29) is 17.6 Å². The molecule has 2 aromatic carbocycles. The molecule has 0 heterocycles. The van der Waals surface area contributed by atoms with Crippen molar-refractivity contribution in [2.24, 2.45) is 0 Å². The van der Waals surface area contributed by atoms with Gasteiger partial charge in [-0.2, -0.15) is 0 Å². The molecule has 2 aromatic rings. The van der Waals surface area contributed by atoms with Crippen LogP contribution in [0.3, 0.4) is 0 Å². The zero-order valence-corrected chi connectivity index (χ0v) is 14.7. The summed E-state index contributed by atoms with van der Waals surface area (Å²) in [6.07, 6.45) is 0.846. The normalized spacial score (nSPS) is 10.4. The number of hydrogen-bond donors (Lipinski definition) is 1. The number of carbonyl (C=O) groups is 2. The molecule has 0 saturated heterocycles. The molecule has 0 fully saturated rings. The lowest BCUT2D eigenvalue weighted by molar-refractivity contribution is -0.130. The van der Waals surface area contributed by atoms with Gasteiger partial charge in [-0.1, -0.05) is 23.7 Å². The minimum Gasteiger partial charge on any atom is -0.352 e. The zero-order chi connectivity index (χ0) is 18.2. The molecular weight excluding hydrogens is 343 g/mol. The van der Waals surface area contributed by atoms with E-state index in [0.717, 1.165) is 5.56 Å². The molecule has 0 aliphatic rings. The molecule has 0 aliphatic heterocycles. The Hall–Kier alpha value is -2.40. The quantitative estimate of drug-likeness (QED) is 0.764. The van der Waals surface area contributed by atoms with Gasteiger partial charge in [0.25, 0.3) is 5.91 Å². The summed E-state index contributed by atoms with van der Waals surface area (Å²) in [4.78, 5) is 25.6. The lowest BCUT2D eigenvalue weighted by atomic mass is 10.2. The standard InChI is InChI=1S/C19H20ClFN2O2/c1-23(13-14-4-2-5-17(21)12-14)18(24)6-3-11-22-19(25)15-7-9-16(20)10-8-15/h2,4-5,7-10,12H,3,6,11,13H2,1H3,(H,22,25). The van der Waals surface area contributed by atoms with Gasteiger partial charge >= 0.3 is 0 Å². The summed E-state index contributed by atoms with van der Waals surface area (Å²) in [5.74, 6) is -0.564. The minimum atomic E-state index is -0.316. The van der Waals surface area contributed by atoms with Crippen LogP contribution in [-0.4, -0.2) is 30.3 Å². The van der Waals surface area contributed by atoms with Crippen LogP contribution < -0.4 is 5.32 Å². The van der Waals surface area contributed by atoms with E-state index in [1.807, 2.05) is 0 Å². The van der Waals surface area contributed by atoms with Crippen molar-refractivity contribution >= 4 is 23.4 Å². The Morgan fingerprint density at radius 2 is 1.88 bits per heavy atom. The Labute approximate surface area is 151 Å². The number of halogens is 2. The van der Waals surface area contributed by atoms with Gasteiger partial charge < -0.3 is 10.2 Å². The molecule has 0 unspecified atom stereocenters.